The van der Waals surface area contributed by atoms with Crippen LogP contribution in [0.4, 0.5) is 11.5 Å². The van der Waals surface area contributed by atoms with Crippen molar-refractivity contribution in [1.82, 2.24) is 9.97 Å². The minimum atomic E-state index is 0.0879. The Kier molecular flexibility index (Phi) is 9.31. The third-order valence-corrected chi connectivity index (χ3v) is 13.8. The van der Waals surface area contributed by atoms with Crippen LogP contribution in [0, 0.1) is 0 Å². The van der Waals surface area contributed by atoms with Gasteiger partial charge in [-0.25, -0.2) is 9.97 Å². The van der Waals surface area contributed by atoms with Crippen molar-refractivity contribution in [2.45, 2.75) is 12.5 Å². The molecule has 0 bridgehead atoms. The molecule has 0 radical (unpaired) electrons. The number of benzene rings is 10. The summed E-state index contributed by atoms with van der Waals surface area (Å²) in [6.07, 6.45) is 5.66. The Bertz CT molecular complexity index is 3740. The second-order valence-electron chi connectivity index (χ2n) is 17.7. The zero-order chi connectivity index (χ0) is 44.3. The predicted molar refractivity (Wildman–Crippen MR) is 281 cm³/mol. The summed E-state index contributed by atoms with van der Waals surface area (Å²) in [5, 5.41) is 7.75. The van der Waals surface area contributed by atoms with Crippen molar-refractivity contribution in [3.05, 3.63) is 254 Å². The Labute approximate surface area is 390 Å². The van der Waals surface area contributed by atoms with Gasteiger partial charge >= 0.3 is 0 Å². The first-order valence-corrected chi connectivity index (χ1v) is 23.2. The molecule has 1 aliphatic heterocycles. The van der Waals surface area contributed by atoms with Crippen LogP contribution in [0.1, 0.15) is 17.5 Å². The Hall–Kier alpha value is -8.66. The molecule has 13 rings (SSSR count). The maximum Gasteiger partial charge on any atom is 0.162 e. The predicted octanol–water partition coefficient (Wildman–Crippen LogP) is 16.7. The molecule has 11 aromatic rings. The Morgan fingerprint density at radius 1 is 0.358 bits per heavy atom. The third kappa shape index (κ3) is 6.83. The molecule has 3 nitrogen and oxygen atoms in total. The summed E-state index contributed by atoms with van der Waals surface area (Å²) in [5.41, 5.74) is 16.3. The van der Waals surface area contributed by atoms with Crippen molar-refractivity contribution in [1.29, 1.82) is 0 Å². The molecule has 1 unspecified atom stereocenters. The molecule has 1 aromatic heterocycles. The van der Waals surface area contributed by atoms with E-state index in [0.717, 1.165) is 34.7 Å². The summed E-state index contributed by atoms with van der Waals surface area (Å²) in [6, 6.07) is 83.2. The number of rotatable bonds is 7. The monoisotopic (exact) mass is 853 g/mol. The molecule has 314 valence electrons. The van der Waals surface area contributed by atoms with Crippen molar-refractivity contribution in [3.63, 3.8) is 0 Å². The quantitative estimate of drug-likeness (QED) is 0.150. The Morgan fingerprint density at radius 2 is 0.851 bits per heavy atom. The maximum atomic E-state index is 5.32. The van der Waals surface area contributed by atoms with E-state index < -0.39 is 0 Å². The molecule has 0 saturated heterocycles. The van der Waals surface area contributed by atoms with Crippen LogP contribution in [0.15, 0.2) is 243 Å². The van der Waals surface area contributed by atoms with Crippen LogP contribution in [0.5, 0.6) is 0 Å². The second-order valence-corrected chi connectivity index (χ2v) is 17.7. The van der Waals surface area contributed by atoms with Gasteiger partial charge in [0.1, 0.15) is 5.82 Å². The highest BCUT2D eigenvalue weighted by Crippen LogP contribution is 2.49. The number of hydrogen-bond donors (Lipinski definition) is 0. The number of anilines is 2. The summed E-state index contributed by atoms with van der Waals surface area (Å²) >= 11 is 0. The lowest BCUT2D eigenvalue weighted by molar-refractivity contribution is 0.818. The maximum absolute atomic E-state index is 5.32. The van der Waals surface area contributed by atoms with Crippen LogP contribution >= 0.6 is 0 Å². The minimum absolute atomic E-state index is 0.0879. The van der Waals surface area contributed by atoms with E-state index in [2.05, 4.69) is 242 Å². The van der Waals surface area contributed by atoms with Gasteiger partial charge < -0.3 is 4.90 Å². The number of fused-ring (bicyclic) bond motifs is 9. The van der Waals surface area contributed by atoms with Crippen LogP contribution < -0.4 is 4.90 Å². The second kappa shape index (κ2) is 16.1. The SMILES string of the molecule is C1=C(c2cccc(-c3cccc(-c4ccc5c6ccccc6c6ccccc6c5c4)c3)c2)C=C2c3ccccc3N(c3cc(-c4ccc(-c5ccccc5)cc4)nc(-c4ccccc4)n3)C2C1. The number of aromatic nitrogens is 2. The summed E-state index contributed by atoms with van der Waals surface area (Å²) in [4.78, 5) is 12.9. The lowest BCUT2D eigenvalue weighted by atomic mass is 9.88. The van der Waals surface area contributed by atoms with Crippen LogP contribution in [0.3, 0.4) is 0 Å². The summed E-state index contributed by atoms with van der Waals surface area (Å²) in [6.45, 7) is 0. The number of nitrogens with zero attached hydrogens (tertiary/aromatic N) is 3. The van der Waals surface area contributed by atoms with Gasteiger partial charge in [0.05, 0.1) is 17.4 Å². The van der Waals surface area contributed by atoms with Crippen molar-refractivity contribution in [3.8, 4) is 56.0 Å². The Balaban J connectivity index is 0.841. The average molecular weight is 854 g/mol. The fourth-order valence-corrected chi connectivity index (χ4v) is 10.5. The fourth-order valence-electron chi connectivity index (χ4n) is 10.5. The van der Waals surface area contributed by atoms with Crippen molar-refractivity contribution in [2.24, 2.45) is 0 Å². The zero-order valence-electron chi connectivity index (χ0n) is 36.7. The van der Waals surface area contributed by atoms with Crippen LogP contribution in [0.25, 0.3) is 99.5 Å². The van der Waals surface area contributed by atoms with Gasteiger partial charge in [0.25, 0.3) is 0 Å². The first kappa shape index (κ1) is 38.8. The van der Waals surface area contributed by atoms with E-state index in [4.69, 9.17) is 9.97 Å². The normalized spacial score (nSPS) is 14.2. The zero-order valence-corrected chi connectivity index (χ0v) is 36.7. The highest BCUT2D eigenvalue weighted by molar-refractivity contribution is 6.25. The summed E-state index contributed by atoms with van der Waals surface area (Å²) in [7, 11) is 0. The highest BCUT2D eigenvalue weighted by Gasteiger charge is 2.37. The molecule has 1 atom stereocenters. The van der Waals surface area contributed by atoms with Gasteiger partial charge in [-0.3, -0.25) is 0 Å². The van der Waals surface area contributed by atoms with E-state index in [1.54, 1.807) is 0 Å². The molecule has 0 N–H and O–H groups in total. The first-order valence-electron chi connectivity index (χ1n) is 23.2. The van der Waals surface area contributed by atoms with Gasteiger partial charge in [0, 0.05) is 22.8 Å². The molecule has 0 fully saturated rings. The van der Waals surface area contributed by atoms with Gasteiger partial charge in [0.15, 0.2) is 5.82 Å². The van der Waals surface area contributed by atoms with Crippen LogP contribution in [-0.4, -0.2) is 16.0 Å². The average Bonchev–Trinajstić information content (AvgIpc) is 3.75. The fraction of sp³-hybridized carbons (Fsp3) is 0.0312. The largest absolute Gasteiger partial charge is 0.318 e. The highest BCUT2D eigenvalue weighted by atomic mass is 15.2. The van der Waals surface area contributed by atoms with Gasteiger partial charge in [-0.15, -0.1) is 0 Å². The molecule has 10 aromatic carbocycles. The van der Waals surface area contributed by atoms with Gasteiger partial charge in [-0.05, 0) is 119 Å². The van der Waals surface area contributed by atoms with E-state index in [1.807, 2.05) is 6.07 Å². The van der Waals surface area contributed by atoms with Crippen molar-refractivity contribution >= 4 is 55.0 Å². The molecular weight excluding hydrogens is 811 g/mol. The summed E-state index contributed by atoms with van der Waals surface area (Å²) in [5.74, 6) is 1.61. The molecule has 0 spiro atoms. The van der Waals surface area contributed by atoms with Gasteiger partial charge in [-0.2, -0.15) is 0 Å². The minimum Gasteiger partial charge on any atom is -0.318 e. The first-order chi connectivity index (χ1) is 33.2. The van der Waals surface area contributed by atoms with Crippen LogP contribution in [-0.2, 0) is 0 Å². The molecule has 2 aliphatic rings. The molecule has 0 saturated carbocycles. The Morgan fingerprint density at radius 3 is 1.54 bits per heavy atom. The van der Waals surface area contributed by atoms with E-state index in [1.165, 1.54) is 88.0 Å². The molecule has 67 heavy (non-hydrogen) atoms. The third-order valence-electron chi connectivity index (χ3n) is 13.8. The van der Waals surface area contributed by atoms with E-state index in [-0.39, 0.29) is 6.04 Å². The van der Waals surface area contributed by atoms with E-state index >= 15 is 0 Å². The number of hydrogen-bond acceptors (Lipinski definition) is 3. The standard InChI is InChI=1S/C64H43N3/c1-3-15-42(16-4-1)43-29-31-44(32-30-43)60-41-63(66-64(65-60)45-17-5-2-6-18-45)67-61-28-12-11-27-57(61)59-40-51(34-36-62(59)67)49-22-14-20-47(38-49)46-19-13-21-48(37-46)50-33-35-56-54-25-8-7-23-52(54)53-24-9-10-26-55(53)58(56)39-50/h1-35,37-41,62H,36H2. The van der Waals surface area contributed by atoms with E-state index in [0.29, 0.717) is 5.82 Å². The number of allylic oxidation sites excluding steroid dienone is 2. The smallest absolute Gasteiger partial charge is 0.162 e. The lowest BCUT2D eigenvalue weighted by Crippen LogP contribution is -2.28. The summed E-state index contributed by atoms with van der Waals surface area (Å²) < 4.78 is 0. The van der Waals surface area contributed by atoms with Crippen LogP contribution in [0.2, 0.25) is 0 Å². The topological polar surface area (TPSA) is 29.0 Å². The lowest BCUT2D eigenvalue weighted by Gasteiger charge is -2.29. The van der Waals surface area contributed by atoms with Crippen molar-refractivity contribution < 1.29 is 0 Å². The molecular formula is C64H43N3. The number of para-hydroxylation sites is 1. The molecule has 2 heterocycles. The molecule has 1 aliphatic carbocycles. The van der Waals surface area contributed by atoms with Crippen molar-refractivity contribution in [2.75, 3.05) is 4.90 Å². The molecule has 3 heteroatoms. The van der Waals surface area contributed by atoms with E-state index in [9.17, 15) is 0 Å². The molecule has 0 amide bonds. The van der Waals surface area contributed by atoms with Gasteiger partial charge in [-0.1, -0.05) is 206 Å². The van der Waals surface area contributed by atoms with Gasteiger partial charge in [0.2, 0.25) is 0 Å².